The van der Waals surface area contributed by atoms with Gasteiger partial charge in [0.2, 0.25) is 0 Å². The van der Waals surface area contributed by atoms with Gasteiger partial charge in [-0.05, 0) is 29.8 Å². The minimum atomic E-state index is -4.47. The molecule has 0 bridgehead atoms. The molecule has 3 nitrogen and oxygen atoms in total. The van der Waals surface area contributed by atoms with Gasteiger partial charge < -0.3 is 10.4 Å². The third-order valence-electron chi connectivity index (χ3n) is 2.56. The fraction of sp³-hybridized carbons (Fsp3) is 0.154. The minimum Gasteiger partial charge on any atom is -0.505 e. The molecule has 0 unspecified atom stereocenters. The molecule has 20 heavy (non-hydrogen) atoms. The predicted octanol–water partition coefficient (Wildman–Crippen LogP) is 3.56. The number of phenols is 1. The highest BCUT2D eigenvalue weighted by molar-refractivity contribution is 5.42. The van der Waals surface area contributed by atoms with Crippen molar-refractivity contribution in [2.24, 2.45) is 0 Å². The number of rotatable bonds is 3. The predicted molar refractivity (Wildman–Crippen MR) is 64.6 cm³/mol. The van der Waals surface area contributed by atoms with Gasteiger partial charge in [-0.1, -0.05) is 6.07 Å². The number of anilines is 1. The summed E-state index contributed by atoms with van der Waals surface area (Å²) in [6.45, 7) is 0.199. The second-order valence-corrected chi connectivity index (χ2v) is 4.07. The molecule has 106 valence electrons. The summed E-state index contributed by atoms with van der Waals surface area (Å²) in [5.74, 6) is -1.21. The van der Waals surface area contributed by atoms with Crippen LogP contribution in [0, 0.1) is 5.82 Å². The molecule has 1 aromatic heterocycles. The lowest BCUT2D eigenvalue weighted by Crippen LogP contribution is -2.08. The first kappa shape index (κ1) is 14.1. The molecular weight excluding hydrogens is 276 g/mol. The van der Waals surface area contributed by atoms with Gasteiger partial charge in [0, 0.05) is 6.54 Å². The molecule has 1 heterocycles. The third-order valence-corrected chi connectivity index (χ3v) is 2.56. The second kappa shape index (κ2) is 5.36. The molecule has 2 N–H and O–H groups in total. The number of aromatic nitrogens is 1. The van der Waals surface area contributed by atoms with Crippen molar-refractivity contribution in [2.45, 2.75) is 12.7 Å². The normalized spacial score (nSPS) is 11.4. The summed E-state index contributed by atoms with van der Waals surface area (Å²) < 4.78 is 50.0. The van der Waals surface area contributed by atoms with Crippen LogP contribution in [0.5, 0.6) is 5.75 Å². The summed E-state index contributed by atoms with van der Waals surface area (Å²) in [5.41, 5.74) is -0.0505. The van der Waals surface area contributed by atoms with E-state index in [1.165, 1.54) is 18.2 Å². The van der Waals surface area contributed by atoms with Crippen molar-refractivity contribution in [1.82, 2.24) is 4.98 Å². The molecule has 2 rings (SSSR count). The number of halogens is 4. The van der Waals surface area contributed by atoms with Crippen molar-refractivity contribution >= 4 is 5.69 Å². The van der Waals surface area contributed by atoms with E-state index >= 15 is 0 Å². The number of hydrogen-bond donors (Lipinski definition) is 2. The van der Waals surface area contributed by atoms with Crippen LogP contribution in [0.4, 0.5) is 23.2 Å². The summed E-state index contributed by atoms with van der Waals surface area (Å²) in [5, 5.41) is 11.8. The van der Waals surface area contributed by atoms with Crippen LogP contribution in [0.2, 0.25) is 0 Å². The largest absolute Gasteiger partial charge is 0.505 e. The van der Waals surface area contributed by atoms with Crippen molar-refractivity contribution in [3.05, 3.63) is 53.6 Å². The molecule has 0 fully saturated rings. The third kappa shape index (κ3) is 3.37. The number of alkyl halides is 3. The Bertz CT molecular complexity index is 596. The van der Waals surface area contributed by atoms with E-state index in [1.807, 2.05) is 0 Å². The maximum atomic E-state index is 13.1. The lowest BCUT2D eigenvalue weighted by molar-refractivity contribution is -0.141. The smallest absolute Gasteiger partial charge is 0.433 e. The van der Waals surface area contributed by atoms with E-state index < -0.39 is 23.4 Å². The molecule has 1 aromatic carbocycles. The Morgan fingerprint density at radius 2 is 1.90 bits per heavy atom. The van der Waals surface area contributed by atoms with Crippen molar-refractivity contribution < 1.29 is 22.7 Å². The van der Waals surface area contributed by atoms with Gasteiger partial charge in [-0.2, -0.15) is 13.2 Å². The molecule has 0 spiro atoms. The van der Waals surface area contributed by atoms with Crippen LogP contribution in [0.3, 0.4) is 0 Å². The molecule has 0 amide bonds. The second-order valence-electron chi connectivity index (χ2n) is 4.07. The first-order valence-corrected chi connectivity index (χ1v) is 5.61. The monoisotopic (exact) mass is 286 g/mol. The zero-order chi connectivity index (χ0) is 14.8. The number of phenolic OH excluding ortho intramolecular Hbond substituents is 1. The van der Waals surface area contributed by atoms with Gasteiger partial charge in [-0.25, -0.2) is 9.37 Å². The van der Waals surface area contributed by atoms with Crippen LogP contribution >= 0.6 is 0 Å². The van der Waals surface area contributed by atoms with E-state index in [-0.39, 0.29) is 6.54 Å². The molecular formula is C13H10F4N2O. The van der Waals surface area contributed by atoms with Gasteiger partial charge >= 0.3 is 6.18 Å². The zero-order valence-corrected chi connectivity index (χ0v) is 10.1. The molecule has 7 heteroatoms. The first-order valence-electron chi connectivity index (χ1n) is 5.61. The summed E-state index contributed by atoms with van der Waals surface area (Å²) in [7, 11) is 0. The van der Waals surface area contributed by atoms with Crippen LogP contribution in [-0.4, -0.2) is 10.1 Å². The number of nitrogens with one attached hydrogen (secondary N) is 1. The molecule has 0 aliphatic heterocycles. The Labute approximate surface area is 111 Å². The fourth-order valence-electron chi connectivity index (χ4n) is 1.53. The van der Waals surface area contributed by atoms with E-state index in [1.54, 1.807) is 0 Å². The number of hydrogen-bond acceptors (Lipinski definition) is 3. The van der Waals surface area contributed by atoms with E-state index in [4.69, 9.17) is 5.11 Å². The van der Waals surface area contributed by atoms with Crippen molar-refractivity contribution in [3.8, 4) is 5.75 Å². The SMILES string of the molecule is Oc1ccc(CNc2ccc(C(F)(F)F)nc2)cc1F. The maximum absolute atomic E-state index is 13.1. The van der Waals surface area contributed by atoms with Gasteiger partial charge in [-0.15, -0.1) is 0 Å². The summed E-state index contributed by atoms with van der Waals surface area (Å²) in [6.07, 6.45) is -3.42. The van der Waals surface area contributed by atoms with Gasteiger partial charge in [-0.3, -0.25) is 0 Å². The Morgan fingerprint density at radius 1 is 1.15 bits per heavy atom. The lowest BCUT2D eigenvalue weighted by atomic mass is 10.2. The van der Waals surface area contributed by atoms with Gasteiger partial charge in [0.05, 0.1) is 11.9 Å². The molecule has 2 aromatic rings. The molecule has 0 aliphatic carbocycles. The fourth-order valence-corrected chi connectivity index (χ4v) is 1.53. The van der Waals surface area contributed by atoms with Gasteiger partial charge in [0.15, 0.2) is 11.6 Å². The summed E-state index contributed by atoms with van der Waals surface area (Å²) >= 11 is 0. The van der Waals surface area contributed by atoms with Crippen molar-refractivity contribution in [3.63, 3.8) is 0 Å². The quantitative estimate of drug-likeness (QED) is 0.848. The van der Waals surface area contributed by atoms with E-state index in [0.717, 1.165) is 18.3 Å². The average molecular weight is 286 g/mol. The minimum absolute atomic E-state index is 0.199. The number of nitrogens with zero attached hydrogens (tertiary/aromatic N) is 1. The van der Waals surface area contributed by atoms with Crippen LogP contribution in [0.25, 0.3) is 0 Å². The highest BCUT2D eigenvalue weighted by Gasteiger charge is 2.31. The Kier molecular flexibility index (Phi) is 3.78. The van der Waals surface area contributed by atoms with Gasteiger partial charge in [0.1, 0.15) is 5.69 Å². The van der Waals surface area contributed by atoms with Crippen LogP contribution in [0.15, 0.2) is 36.5 Å². The van der Waals surface area contributed by atoms with E-state index in [9.17, 15) is 17.6 Å². The zero-order valence-electron chi connectivity index (χ0n) is 10.1. The maximum Gasteiger partial charge on any atom is 0.433 e. The summed E-state index contributed by atoms with van der Waals surface area (Å²) in [6, 6.07) is 5.95. The van der Waals surface area contributed by atoms with Crippen LogP contribution < -0.4 is 5.32 Å². The van der Waals surface area contributed by atoms with Crippen LogP contribution in [-0.2, 0) is 12.7 Å². The number of pyridine rings is 1. The van der Waals surface area contributed by atoms with E-state index in [0.29, 0.717) is 11.3 Å². The molecule has 0 atom stereocenters. The van der Waals surface area contributed by atoms with E-state index in [2.05, 4.69) is 10.3 Å². The van der Waals surface area contributed by atoms with Crippen molar-refractivity contribution in [1.29, 1.82) is 0 Å². The van der Waals surface area contributed by atoms with Crippen molar-refractivity contribution in [2.75, 3.05) is 5.32 Å². The average Bonchev–Trinajstić information content (AvgIpc) is 2.40. The Morgan fingerprint density at radius 3 is 2.45 bits per heavy atom. The molecule has 0 aliphatic rings. The molecule has 0 saturated carbocycles. The standard InChI is InChI=1S/C13H10F4N2O/c14-10-5-8(1-3-11(10)20)6-18-9-2-4-12(19-7-9)13(15,16)17/h1-5,7,18,20H,6H2. The number of aromatic hydroxyl groups is 1. The molecule has 0 saturated heterocycles. The highest BCUT2D eigenvalue weighted by atomic mass is 19.4. The lowest BCUT2D eigenvalue weighted by Gasteiger charge is -2.09. The Hall–Kier alpha value is -2.31. The van der Waals surface area contributed by atoms with Gasteiger partial charge in [0.25, 0.3) is 0 Å². The summed E-state index contributed by atoms with van der Waals surface area (Å²) in [4.78, 5) is 3.29. The van der Waals surface area contributed by atoms with Crippen LogP contribution in [0.1, 0.15) is 11.3 Å². The Balaban J connectivity index is 2.02. The topological polar surface area (TPSA) is 45.1 Å². The highest BCUT2D eigenvalue weighted by Crippen LogP contribution is 2.27. The number of benzene rings is 1. The molecule has 0 radical (unpaired) electrons. The first-order chi connectivity index (χ1) is 9.36.